The Hall–Kier alpha value is -2.63. The molecule has 1 N–H and O–H groups in total. The van der Waals surface area contributed by atoms with Crippen molar-refractivity contribution in [3.63, 3.8) is 0 Å². The normalized spacial score (nSPS) is 10.6. The molecule has 5 heteroatoms. The highest BCUT2D eigenvalue weighted by Crippen LogP contribution is 2.14. The van der Waals surface area contributed by atoms with Gasteiger partial charge in [-0.2, -0.15) is 0 Å². The number of amides is 1. The van der Waals surface area contributed by atoms with Gasteiger partial charge in [-0.1, -0.05) is 61.5 Å². The first-order valence-electron chi connectivity index (χ1n) is 9.31. The van der Waals surface area contributed by atoms with Crippen molar-refractivity contribution in [2.75, 3.05) is 5.75 Å². The lowest BCUT2D eigenvalue weighted by Crippen LogP contribution is -2.22. The fourth-order valence-electron chi connectivity index (χ4n) is 2.65. The molecule has 3 aromatic rings. The average Bonchev–Trinajstić information content (AvgIpc) is 2.74. The van der Waals surface area contributed by atoms with Crippen LogP contribution < -0.4 is 5.32 Å². The SMILES string of the molecule is CCSc1ccc(C(=O)NCc2ccc(COCc3ccccc3)cc2)cn1. The number of hydrogen-bond donors (Lipinski definition) is 1. The number of hydrogen-bond acceptors (Lipinski definition) is 4. The van der Waals surface area contributed by atoms with Crippen molar-refractivity contribution in [3.8, 4) is 0 Å². The molecule has 0 saturated carbocycles. The first-order chi connectivity index (χ1) is 13.7. The molecular weight excluding hydrogens is 368 g/mol. The second-order valence-electron chi connectivity index (χ2n) is 6.30. The zero-order valence-corrected chi connectivity index (χ0v) is 16.7. The molecule has 0 fully saturated rings. The second-order valence-corrected chi connectivity index (χ2v) is 7.58. The van der Waals surface area contributed by atoms with E-state index in [1.165, 1.54) is 0 Å². The summed E-state index contributed by atoms with van der Waals surface area (Å²) in [6.07, 6.45) is 1.63. The number of thioether (sulfide) groups is 1. The third kappa shape index (κ3) is 6.22. The second kappa shape index (κ2) is 10.6. The molecule has 0 aliphatic heterocycles. The minimum Gasteiger partial charge on any atom is -0.372 e. The Balaban J connectivity index is 1.44. The van der Waals surface area contributed by atoms with Gasteiger partial charge in [-0.15, -0.1) is 11.8 Å². The maximum Gasteiger partial charge on any atom is 0.253 e. The fraction of sp³-hybridized carbons (Fsp3) is 0.217. The van der Waals surface area contributed by atoms with Gasteiger partial charge in [-0.25, -0.2) is 4.98 Å². The highest BCUT2D eigenvalue weighted by Gasteiger charge is 2.06. The number of ether oxygens (including phenoxy) is 1. The van der Waals surface area contributed by atoms with Gasteiger partial charge in [0.15, 0.2) is 0 Å². The molecule has 0 atom stereocenters. The molecular formula is C23H24N2O2S. The molecule has 0 aliphatic rings. The Morgan fingerprint density at radius 1 is 0.929 bits per heavy atom. The van der Waals surface area contributed by atoms with Crippen LogP contribution in [0.4, 0.5) is 0 Å². The van der Waals surface area contributed by atoms with Gasteiger partial charge in [0.05, 0.1) is 23.8 Å². The molecule has 144 valence electrons. The zero-order chi connectivity index (χ0) is 19.6. The highest BCUT2D eigenvalue weighted by atomic mass is 32.2. The Morgan fingerprint density at radius 2 is 1.61 bits per heavy atom. The molecule has 1 heterocycles. The minimum absolute atomic E-state index is 0.115. The van der Waals surface area contributed by atoms with Gasteiger partial charge in [0, 0.05) is 12.7 Å². The number of carbonyl (C=O) groups excluding carboxylic acids is 1. The van der Waals surface area contributed by atoms with E-state index in [-0.39, 0.29) is 5.91 Å². The van der Waals surface area contributed by atoms with Crippen molar-refractivity contribution in [1.82, 2.24) is 10.3 Å². The van der Waals surface area contributed by atoms with Crippen molar-refractivity contribution < 1.29 is 9.53 Å². The maximum absolute atomic E-state index is 12.3. The predicted molar refractivity (Wildman–Crippen MR) is 113 cm³/mol. The van der Waals surface area contributed by atoms with Crippen molar-refractivity contribution in [1.29, 1.82) is 0 Å². The summed E-state index contributed by atoms with van der Waals surface area (Å²) in [6.45, 7) is 3.72. The van der Waals surface area contributed by atoms with E-state index >= 15 is 0 Å². The Morgan fingerprint density at radius 3 is 2.25 bits per heavy atom. The lowest BCUT2D eigenvalue weighted by molar-refractivity contribution is 0.0950. The summed E-state index contributed by atoms with van der Waals surface area (Å²) in [5.41, 5.74) is 3.90. The quantitative estimate of drug-likeness (QED) is 0.530. The largest absolute Gasteiger partial charge is 0.372 e. The number of pyridine rings is 1. The summed E-state index contributed by atoms with van der Waals surface area (Å²) < 4.78 is 5.75. The van der Waals surface area contributed by atoms with E-state index in [1.54, 1.807) is 18.0 Å². The van der Waals surface area contributed by atoms with Gasteiger partial charge < -0.3 is 10.1 Å². The van der Waals surface area contributed by atoms with E-state index in [9.17, 15) is 4.79 Å². The number of nitrogens with one attached hydrogen (secondary N) is 1. The van der Waals surface area contributed by atoms with Gasteiger partial charge >= 0.3 is 0 Å². The average molecular weight is 393 g/mol. The summed E-state index contributed by atoms with van der Waals surface area (Å²) in [7, 11) is 0. The van der Waals surface area contributed by atoms with Crippen LogP contribution in [0.1, 0.15) is 34.0 Å². The zero-order valence-electron chi connectivity index (χ0n) is 15.9. The van der Waals surface area contributed by atoms with Crippen LogP contribution >= 0.6 is 11.8 Å². The van der Waals surface area contributed by atoms with Crippen LogP contribution in [0.15, 0.2) is 78.0 Å². The van der Waals surface area contributed by atoms with E-state index in [4.69, 9.17) is 4.74 Å². The summed E-state index contributed by atoms with van der Waals surface area (Å²) in [5, 5.41) is 3.87. The third-order valence-electron chi connectivity index (χ3n) is 4.15. The molecule has 3 rings (SSSR count). The lowest BCUT2D eigenvalue weighted by atomic mass is 10.1. The number of nitrogens with zero attached hydrogens (tertiary/aromatic N) is 1. The molecule has 0 bridgehead atoms. The van der Waals surface area contributed by atoms with E-state index < -0.39 is 0 Å². The predicted octanol–water partition coefficient (Wildman–Crippen LogP) is 4.84. The van der Waals surface area contributed by atoms with Gasteiger partial charge in [-0.05, 0) is 34.6 Å². The van der Waals surface area contributed by atoms with Gasteiger partial charge in [-0.3, -0.25) is 4.79 Å². The molecule has 0 aliphatic carbocycles. The Labute approximate surface area is 170 Å². The molecule has 0 saturated heterocycles. The molecule has 4 nitrogen and oxygen atoms in total. The fourth-order valence-corrected chi connectivity index (χ4v) is 3.23. The molecule has 28 heavy (non-hydrogen) atoms. The molecule has 1 aromatic heterocycles. The lowest BCUT2D eigenvalue weighted by Gasteiger charge is -2.08. The molecule has 0 spiro atoms. The van der Waals surface area contributed by atoms with Crippen LogP contribution in [-0.2, 0) is 24.5 Å². The van der Waals surface area contributed by atoms with Crippen LogP contribution in [-0.4, -0.2) is 16.6 Å². The Kier molecular flexibility index (Phi) is 7.64. The van der Waals surface area contributed by atoms with Gasteiger partial charge in [0.1, 0.15) is 0 Å². The van der Waals surface area contributed by atoms with Gasteiger partial charge in [0.2, 0.25) is 0 Å². The van der Waals surface area contributed by atoms with Crippen molar-refractivity contribution >= 4 is 17.7 Å². The van der Waals surface area contributed by atoms with Gasteiger partial charge in [0.25, 0.3) is 5.91 Å². The number of carbonyl (C=O) groups is 1. The number of aromatic nitrogens is 1. The Bertz CT molecular complexity index is 865. The van der Waals surface area contributed by atoms with E-state index in [1.807, 2.05) is 54.6 Å². The monoisotopic (exact) mass is 392 g/mol. The van der Waals surface area contributed by atoms with Crippen LogP contribution in [0.2, 0.25) is 0 Å². The van der Waals surface area contributed by atoms with Crippen LogP contribution in [0.5, 0.6) is 0 Å². The molecule has 2 aromatic carbocycles. The van der Waals surface area contributed by atoms with Crippen molar-refractivity contribution in [3.05, 3.63) is 95.2 Å². The first kappa shape index (κ1) is 20.1. The van der Waals surface area contributed by atoms with Crippen molar-refractivity contribution in [2.45, 2.75) is 31.7 Å². The smallest absolute Gasteiger partial charge is 0.253 e. The first-order valence-corrected chi connectivity index (χ1v) is 10.3. The molecule has 1 amide bonds. The van der Waals surface area contributed by atoms with E-state index in [0.29, 0.717) is 25.3 Å². The molecule has 0 radical (unpaired) electrons. The summed E-state index contributed by atoms with van der Waals surface area (Å²) >= 11 is 1.66. The summed E-state index contributed by atoms with van der Waals surface area (Å²) in [4.78, 5) is 16.5. The van der Waals surface area contributed by atoms with E-state index in [0.717, 1.165) is 27.5 Å². The van der Waals surface area contributed by atoms with Crippen LogP contribution in [0, 0.1) is 0 Å². The topological polar surface area (TPSA) is 51.2 Å². The maximum atomic E-state index is 12.3. The van der Waals surface area contributed by atoms with Crippen LogP contribution in [0.25, 0.3) is 0 Å². The standard InChI is InChI=1S/C23H24N2O2S/c1-2-28-22-13-12-21(15-24-22)23(26)25-14-18-8-10-20(11-9-18)17-27-16-19-6-4-3-5-7-19/h3-13,15H,2,14,16-17H2,1H3,(H,25,26). The highest BCUT2D eigenvalue weighted by molar-refractivity contribution is 7.99. The van der Waals surface area contributed by atoms with E-state index in [2.05, 4.69) is 29.4 Å². The van der Waals surface area contributed by atoms with Crippen molar-refractivity contribution in [2.24, 2.45) is 0 Å². The summed E-state index contributed by atoms with van der Waals surface area (Å²) in [6, 6.07) is 21.9. The summed E-state index contributed by atoms with van der Waals surface area (Å²) in [5.74, 6) is 0.849. The molecule has 0 unspecified atom stereocenters. The number of benzene rings is 2. The third-order valence-corrected chi connectivity index (χ3v) is 4.97. The number of rotatable bonds is 9. The van der Waals surface area contributed by atoms with Crippen LogP contribution in [0.3, 0.4) is 0 Å². The minimum atomic E-state index is -0.115.